The molecule has 6 heteroatoms. The van der Waals surface area contributed by atoms with E-state index in [1.807, 2.05) is 13.8 Å². The average molecular weight is 323 g/mol. The molecule has 0 aromatic heterocycles. The summed E-state index contributed by atoms with van der Waals surface area (Å²) < 4.78 is 12.0. The molecule has 0 bridgehead atoms. The van der Waals surface area contributed by atoms with Crippen LogP contribution in [0, 0.1) is 5.92 Å². The number of amides is 1. The highest BCUT2D eigenvalue weighted by Gasteiger charge is 2.27. The average Bonchev–Trinajstić information content (AvgIpc) is 2.53. The molecule has 0 aliphatic carbocycles. The van der Waals surface area contributed by atoms with E-state index in [1.165, 1.54) is 0 Å². The van der Waals surface area contributed by atoms with Gasteiger partial charge in [0.2, 0.25) is 0 Å². The minimum atomic E-state index is -1.06. The summed E-state index contributed by atoms with van der Waals surface area (Å²) in [7, 11) is -1.06. The van der Waals surface area contributed by atoms with Gasteiger partial charge in [0.25, 0.3) is 5.91 Å². The van der Waals surface area contributed by atoms with E-state index in [4.69, 9.17) is 5.11 Å². The molecule has 1 aliphatic rings. The molecule has 1 amide bonds. The van der Waals surface area contributed by atoms with Gasteiger partial charge in [-0.2, -0.15) is 0 Å². The lowest BCUT2D eigenvalue weighted by molar-refractivity contribution is -0.143. The highest BCUT2D eigenvalue weighted by atomic mass is 32.2. The number of rotatable bonds is 4. The number of hydrogen-bond donors (Lipinski definition) is 1. The van der Waals surface area contributed by atoms with Crippen molar-refractivity contribution in [2.75, 3.05) is 13.1 Å². The maximum Gasteiger partial charge on any atom is 0.306 e. The molecule has 0 saturated carbocycles. The molecule has 120 valence electrons. The number of hydrogen-bond acceptors (Lipinski definition) is 3. The molecule has 1 saturated heterocycles. The summed E-state index contributed by atoms with van der Waals surface area (Å²) in [6.07, 6.45) is 0.993. The summed E-state index contributed by atoms with van der Waals surface area (Å²) in [5.41, 5.74) is 0.554. The number of carbonyl (C=O) groups is 2. The van der Waals surface area contributed by atoms with Gasteiger partial charge in [-0.15, -0.1) is 0 Å². The van der Waals surface area contributed by atoms with Crippen molar-refractivity contribution in [2.45, 2.75) is 36.8 Å². The van der Waals surface area contributed by atoms with Gasteiger partial charge in [0.05, 0.1) is 16.7 Å². The third-order valence-corrected chi connectivity index (χ3v) is 5.49. The first-order valence-electron chi connectivity index (χ1n) is 7.43. The molecule has 1 atom stereocenters. The molecule has 0 radical (unpaired) electrons. The Kier molecular flexibility index (Phi) is 5.34. The van der Waals surface area contributed by atoms with Crippen LogP contribution < -0.4 is 0 Å². The van der Waals surface area contributed by atoms with Gasteiger partial charge in [-0.25, -0.2) is 0 Å². The van der Waals surface area contributed by atoms with Crippen LogP contribution in [0.5, 0.6) is 0 Å². The van der Waals surface area contributed by atoms with Crippen molar-refractivity contribution < 1.29 is 18.9 Å². The normalized spacial score (nSPS) is 17.5. The van der Waals surface area contributed by atoms with Crippen molar-refractivity contribution in [3.05, 3.63) is 29.8 Å². The predicted octanol–water partition coefficient (Wildman–Crippen LogP) is 2.14. The zero-order chi connectivity index (χ0) is 16.3. The minimum absolute atomic E-state index is 0.0385. The van der Waals surface area contributed by atoms with Crippen LogP contribution in [0.25, 0.3) is 0 Å². The molecule has 1 aromatic rings. The molecule has 1 fully saturated rings. The fourth-order valence-electron chi connectivity index (χ4n) is 2.52. The van der Waals surface area contributed by atoms with Gasteiger partial charge in [-0.1, -0.05) is 13.8 Å². The molecule has 0 unspecified atom stereocenters. The van der Waals surface area contributed by atoms with E-state index in [1.54, 1.807) is 29.2 Å². The van der Waals surface area contributed by atoms with Crippen molar-refractivity contribution in [3.63, 3.8) is 0 Å². The summed E-state index contributed by atoms with van der Waals surface area (Å²) in [5, 5.41) is 9.01. The fraction of sp³-hybridized carbons (Fsp3) is 0.500. The van der Waals surface area contributed by atoms with Gasteiger partial charge >= 0.3 is 5.97 Å². The molecule has 1 heterocycles. The number of carboxylic acids is 1. The Bertz CT molecular complexity index is 574. The van der Waals surface area contributed by atoms with E-state index in [2.05, 4.69) is 0 Å². The van der Waals surface area contributed by atoms with E-state index in [0.717, 1.165) is 4.90 Å². The summed E-state index contributed by atoms with van der Waals surface area (Å²) >= 11 is 0. The molecule has 2 rings (SSSR count). The summed E-state index contributed by atoms with van der Waals surface area (Å²) in [5.74, 6) is -1.22. The van der Waals surface area contributed by atoms with Crippen LogP contribution in [0.1, 0.15) is 37.0 Å². The SMILES string of the molecule is CC(C)[S@](=O)c1ccc(C(=O)N2CCC(C(=O)O)CC2)cc1. The van der Waals surface area contributed by atoms with Crippen LogP contribution >= 0.6 is 0 Å². The lowest BCUT2D eigenvalue weighted by Gasteiger charge is -2.30. The Morgan fingerprint density at radius 1 is 1.18 bits per heavy atom. The zero-order valence-corrected chi connectivity index (χ0v) is 13.6. The van der Waals surface area contributed by atoms with Crippen molar-refractivity contribution >= 4 is 22.7 Å². The smallest absolute Gasteiger partial charge is 0.306 e. The Morgan fingerprint density at radius 2 is 1.73 bits per heavy atom. The van der Waals surface area contributed by atoms with Crippen molar-refractivity contribution in [1.82, 2.24) is 4.90 Å². The Hall–Kier alpha value is -1.69. The lowest BCUT2D eigenvalue weighted by atomic mass is 9.96. The highest BCUT2D eigenvalue weighted by molar-refractivity contribution is 7.85. The second-order valence-electron chi connectivity index (χ2n) is 5.78. The van der Waals surface area contributed by atoms with E-state index in [9.17, 15) is 13.8 Å². The number of piperidine rings is 1. The molecule has 0 spiro atoms. The number of nitrogens with zero attached hydrogens (tertiary/aromatic N) is 1. The molecule has 1 aliphatic heterocycles. The Morgan fingerprint density at radius 3 is 2.18 bits per heavy atom. The fourth-order valence-corrected chi connectivity index (χ4v) is 3.46. The monoisotopic (exact) mass is 323 g/mol. The molecule has 22 heavy (non-hydrogen) atoms. The first kappa shape index (κ1) is 16.7. The van der Waals surface area contributed by atoms with E-state index in [0.29, 0.717) is 31.5 Å². The topological polar surface area (TPSA) is 74.7 Å². The van der Waals surface area contributed by atoms with E-state index < -0.39 is 16.8 Å². The first-order valence-corrected chi connectivity index (χ1v) is 8.64. The van der Waals surface area contributed by atoms with Crippen LogP contribution in [-0.2, 0) is 15.6 Å². The van der Waals surface area contributed by atoms with Gasteiger partial charge in [-0.05, 0) is 37.1 Å². The van der Waals surface area contributed by atoms with Crippen LogP contribution in [0.3, 0.4) is 0 Å². The molecule has 1 N–H and O–H groups in total. The number of carboxylic acid groups (broad SMARTS) is 1. The molecular formula is C16H21NO4S. The quantitative estimate of drug-likeness (QED) is 0.921. The number of benzene rings is 1. The van der Waals surface area contributed by atoms with Crippen LogP contribution in [-0.4, -0.2) is 44.4 Å². The van der Waals surface area contributed by atoms with Crippen LogP contribution in [0.2, 0.25) is 0 Å². The first-order chi connectivity index (χ1) is 10.4. The predicted molar refractivity (Wildman–Crippen MR) is 84.2 cm³/mol. The lowest BCUT2D eigenvalue weighted by Crippen LogP contribution is -2.40. The third kappa shape index (κ3) is 3.74. The molecule has 1 aromatic carbocycles. The molecule has 5 nitrogen and oxygen atoms in total. The van der Waals surface area contributed by atoms with Crippen LogP contribution in [0.4, 0.5) is 0 Å². The summed E-state index contributed by atoms with van der Waals surface area (Å²) in [6.45, 7) is 4.72. The minimum Gasteiger partial charge on any atom is -0.481 e. The summed E-state index contributed by atoms with van der Waals surface area (Å²) in [6, 6.07) is 6.85. The Balaban J connectivity index is 2.02. The zero-order valence-electron chi connectivity index (χ0n) is 12.8. The number of carbonyl (C=O) groups excluding carboxylic acids is 1. The number of aliphatic carboxylic acids is 1. The van der Waals surface area contributed by atoms with Crippen molar-refractivity contribution in [2.24, 2.45) is 5.92 Å². The van der Waals surface area contributed by atoms with Crippen LogP contribution in [0.15, 0.2) is 29.2 Å². The summed E-state index contributed by atoms with van der Waals surface area (Å²) in [4.78, 5) is 25.7. The maximum absolute atomic E-state index is 12.4. The van der Waals surface area contributed by atoms with E-state index in [-0.39, 0.29) is 17.1 Å². The van der Waals surface area contributed by atoms with Gasteiger partial charge in [0.15, 0.2) is 0 Å². The highest BCUT2D eigenvalue weighted by Crippen LogP contribution is 2.20. The van der Waals surface area contributed by atoms with Crippen molar-refractivity contribution in [1.29, 1.82) is 0 Å². The van der Waals surface area contributed by atoms with Gasteiger partial charge < -0.3 is 10.0 Å². The second kappa shape index (κ2) is 7.05. The standard InChI is InChI=1S/C16H21NO4S/c1-11(2)22(21)14-5-3-12(4-6-14)15(18)17-9-7-13(8-10-17)16(19)20/h3-6,11,13H,7-10H2,1-2H3,(H,19,20)/t22-/m0/s1. The Labute approximate surface area is 132 Å². The van der Waals surface area contributed by atoms with Crippen molar-refractivity contribution in [3.8, 4) is 0 Å². The maximum atomic E-state index is 12.4. The largest absolute Gasteiger partial charge is 0.481 e. The van der Waals surface area contributed by atoms with E-state index >= 15 is 0 Å². The van der Waals surface area contributed by atoms with Gasteiger partial charge in [0, 0.05) is 28.8 Å². The third-order valence-electron chi connectivity index (χ3n) is 3.89. The van der Waals surface area contributed by atoms with Gasteiger partial charge in [-0.3, -0.25) is 13.8 Å². The second-order valence-corrected chi connectivity index (χ2v) is 7.78. The molecular weight excluding hydrogens is 302 g/mol. The number of likely N-dealkylation sites (tertiary alicyclic amines) is 1. The van der Waals surface area contributed by atoms with Gasteiger partial charge in [0.1, 0.15) is 0 Å².